The summed E-state index contributed by atoms with van der Waals surface area (Å²) in [5.74, 6) is 1.11. The van der Waals surface area contributed by atoms with E-state index in [4.69, 9.17) is 16.3 Å². The van der Waals surface area contributed by atoms with Gasteiger partial charge < -0.3 is 10.1 Å². The summed E-state index contributed by atoms with van der Waals surface area (Å²) in [5.41, 5.74) is 7.32. The number of hydrogen-bond acceptors (Lipinski definition) is 7. The second kappa shape index (κ2) is 15.1. The fourth-order valence-corrected chi connectivity index (χ4v) is 5.86. The smallest absolute Gasteiger partial charge is 0.253 e. The number of nitrogens with one attached hydrogen (secondary N) is 2. The van der Waals surface area contributed by atoms with Crippen LogP contribution in [0.2, 0.25) is 5.02 Å². The van der Waals surface area contributed by atoms with E-state index in [2.05, 4.69) is 42.0 Å². The molecule has 5 aromatic rings. The molecule has 0 aliphatic carbocycles. The molecule has 0 fully saturated rings. The van der Waals surface area contributed by atoms with Crippen LogP contribution in [0, 0.1) is 6.92 Å². The van der Waals surface area contributed by atoms with Gasteiger partial charge in [-0.25, -0.2) is 5.43 Å². The number of amides is 1. The number of anilines is 1. The minimum atomic E-state index is -0.499. The van der Waals surface area contributed by atoms with Crippen molar-refractivity contribution in [3.05, 3.63) is 129 Å². The second-order valence-electron chi connectivity index (χ2n) is 9.83. The van der Waals surface area contributed by atoms with Crippen LogP contribution in [0.25, 0.3) is 5.69 Å². The lowest BCUT2D eigenvalue weighted by molar-refractivity contribution is -0.120. The number of nitrogens with zero attached hydrogens (tertiary/aromatic N) is 4. The van der Waals surface area contributed by atoms with Crippen LogP contribution in [0.3, 0.4) is 0 Å². The van der Waals surface area contributed by atoms with E-state index >= 15 is 0 Å². The van der Waals surface area contributed by atoms with Crippen molar-refractivity contribution in [2.45, 2.75) is 37.4 Å². The zero-order valence-electron chi connectivity index (χ0n) is 24.1. The summed E-state index contributed by atoms with van der Waals surface area (Å²) in [7, 11) is 0. The molecule has 1 heterocycles. The molecule has 1 unspecified atom stereocenters. The quantitative estimate of drug-likeness (QED) is 0.0789. The van der Waals surface area contributed by atoms with Gasteiger partial charge in [0.2, 0.25) is 0 Å². The Labute approximate surface area is 274 Å². The normalized spacial score (nSPS) is 11.8. The summed E-state index contributed by atoms with van der Waals surface area (Å²) in [6.45, 7) is 4.64. The first-order valence-electron chi connectivity index (χ1n) is 13.8. The van der Waals surface area contributed by atoms with Crippen LogP contribution in [-0.2, 0) is 17.9 Å². The lowest BCUT2D eigenvalue weighted by atomic mass is 10.2. The number of carbonyl (C=O) groups is 1. The van der Waals surface area contributed by atoms with Crippen LogP contribution in [0.5, 0.6) is 5.75 Å². The van der Waals surface area contributed by atoms with E-state index in [9.17, 15) is 4.79 Å². The average molecular weight is 690 g/mol. The number of hydrogen-bond donors (Lipinski definition) is 2. The van der Waals surface area contributed by atoms with Crippen molar-refractivity contribution in [2.24, 2.45) is 5.10 Å². The molecule has 11 heteroatoms. The highest BCUT2D eigenvalue weighted by atomic mass is 79.9. The standard InChI is InChI=1S/C33H30BrClN6O2S/c1-22-17-27(35)15-16-29(22)36-20-31-38-40-33(41(31)28-12-4-3-5-13-28)44-23(2)32(42)39-37-19-25-10-6-7-14-30(25)43-21-24-9-8-11-26(34)18-24/h3-19,23,36H,20-21H2,1-2H3,(H,39,42). The van der Waals surface area contributed by atoms with E-state index in [0.717, 1.165) is 32.5 Å². The molecule has 0 aliphatic rings. The average Bonchev–Trinajstić information content (AvgIpc) is 3.42. The summed E-state index contributed by atoms with van der Waals surface area (Å²) < 4.78 is 8.97. The minimum Gasteiger partial charge on any atom is -0.488 e. The molecule has 2 N–H and O–H groups in total. The van der Waals surface area contributed by atoms with Crippen LogP contribution in [0.15, 0.2) is 112 Å². The molecule has 0 radical (unpaired) electrons. The molecule has 5 rings (SSSR count). The van der Waals surface area contributed by atoms with Gasteiger partial charge in [-0.05, 0) is 79.6 Å². The van der Waals surface area contributed by atoms with E-state index in [1.54, 1.807) is 6.21 Å². The second-order valence-corrected chi connectivity index (χ2v) is 12.5. The van der Waals surface area contributed by atoms with Crippen LogP contribution < -0.4 is 15.5 Å². The van der Waals surface area contributed by atoms with E-state index in [1.165, 1.54) is 11.8 Å². The van der Waals surface area contributed by atoms with E-state index in [-0.39, 0.29) is 5.91 Å². The van der Waals surface area contributed by atoms with E-state index < -0.39 is 5.25 Å². The fourth-order valence-electron chi connectivity index (χ4n) is 4.30. The predicted molar refractivity (Wildman–Crippen MR) is 181 cm³/mol. The Balaban J connectivity index is 1.24. The fraction of sp³-hybridized carbons (Fsp3) is 0.152. The van der Waals surface area contributed by atoms with Crippen molar-refractivity contribution in [1.29, 1.82) is 0 Å². The third kappa shape index (κ3) is 8.28. The molecule has 0 spiro atoms. The Bertz CT molecular complexity index is 1760. The first kappa shape index (κ1) is 31.3. The maximum atomic E-state index is 13.0. The van der Waals surface area contributed by atoms with E-state index in [1.807, 2.05) is 115 Å². The van der Waals surface area contributed by atoms with Gasteiger partial charge in [0, 0.05) is 26.4 Å². The van der Waals surface area contributed by atoms with Crippen LogP contribution in [-0.4, -0.2) is 32.1 Å². The van der Waals surface area contributed by atoms with Gasteiger partial charge in [0.15, 0.2) is 11.0 Å². The number of thioether (sulfide) groups is 1. The van der Waals surface area contributed by atoms with Gasteiger partial charge in [0.1, 0.15) is 12.4 Å². The molecule has 1 aromatic heterocycles. The number of aryl methyl sites for hydroxylation is 1. The number of rotatable bonds is 12. The highest BCUT2D eigenvalue weighted by Gasteiger charge is 2.21. The number of hydrazone groups is 1. The molecular formula is C33H30BrClN6O2S. The SMILES string of the molecule is Cc1cc(Cl)ccc1NCc1nnc(SC(C)C(=O)NN=Cc2ccccc2OCc2cccc(Br)c2)n1-c1ccccc1. The summed E-state index contributed by atoms with van der Waals surface area (Å²) in [6.07, 6.45) is 1.58. The Kier molecular flexibility index (Phi) is 10.7. The van der Waals surface area contributed by atoms with Crippen molar-refractivity contribution in [3.63, 3.8) is 0 Å². The summed E-state index contributed by atoms with van der Waals surface area (Å²) in [4.78, 5) is 13.0. The first-order chi connectivity index (χ1) is 21.4. The van der Waals surface area contributed by atoms with Crippen LogP contribution in [0.4, 0.5) is 5.69 Å². The molecule has 1 amide bonds. The van der Waals surface area contributed by atoms with Crippen molar-refractivity contribution >= 4 is 57.1 Å². The molecule has 1 atom stereocenters. The van der Waals surface area contributed by atoms with Crippen LogP contribution in [0.1, 0.15) is 29.4 Å². The molecule has 4 aromatic carbocycles. The predicted octanol–water partition coefficient (Wildman–Crippen LogP) is 7.81. The Morgan fingerprint density at radius 1 is 1.05 bits per heavy atom. The third-order valence-electron chi connectivity index (χ3n) is 6.57. The molecule has 0 aliphatic heterocycles. The monoisotopic (exact) mass is 688 g/mol. The van der Waals surface area contributed by atoms with Crippen molar-refractivity contribution in [1.82, 2.24) is 20.2 Å². The Morgan fingerprint density at radius 3 is 2.64 bits per heavy atom. The highest BCUT2D eigenvalue weighted by molar-refractivity contribution is 9.10. The van der Waals surface area contributed by atoms with Gasteiger partial charge in [-0.15, -0.1) is 10.2 Å². The summed E-state index contributed by atoms with van der Waals surface area (Å²) >= 11 is 10.9. The number of carbonyl (C=O) groups excluding carboxylic acids is 1. The molecule has 0 bridgehead atoms. The first-order valence-corrected chi connectivity index (χ1v) is 15.9. The Morgan fingerprint density at radius 2 is 1.84 bits per heavy atom. The lowest BCUT2D eigenvalue weighted by Crippen LogP contribution is -2.27. The van der Waals surface area contributed by atoms with Crippen molar-refractivity contribution in [3.8, 4) is 11.4 Å². The van der Waals surface area contributed by atoms with E-state index in [0.29, 0.717) is 34.9 Å². The molecule has 224 valence electrons. The zero-order valence-corrected chi connectivity index (χ0v) is 27.2. The van der Waals surface area contributed by atoms with Crippen molar-refractivity contribution in [2.75, 3.05) is 5.32 Å². The topological polar surface area (TPSA) is 93.4 Å². The molecular weight excluding hydrogens is 660 g/mol. The summed E-state index contributed by atoms with van der Waals surface area (Å²) in [5, 5.41) is 17.3. The highest BCUT2D eigenvalue weighted by Crippen LogP contribution is 2.27. The van der Waals surface area contributed by atoms with Gasteiger partial charge in [-0.2, -0.15) is 5.10 Å². The number of aromatic nitrogens is 3. The van der Waals surface area contributed by atoms with Gasteiger partial charge in [-0.3, -0.25) is 9.36 Å². The van der Waals surface area contributed by atoms with Gasteiger partial charge in [-0.1, -0.05) is 81.8 Å². The number of para-hydroxylation sites is 2. The maximum Gasteiger partial charge on any atom is 0.253 e. The molecule has 44 heavy (non-hydrogen) atoms. The molecule has 0 saturated carbocycles. The largest absolute Gasteiger partial charge is 0.488 e. The van der Waals surface area contributed by atoms with Crippen LogP contribution >= 0.6 is 39.3 Å². The summed E-state index contributed by atoms with van der Waals surface area (Å²) in [6, 6.07) is 31.0. The third-order valence-corrected chi connectivity index (χ3v) is 8.34. The zero-order chi connectivity index (χ0) is 30.9. The Hall–Kier alpha value is -4.12. The van der Waals surface area contributed by atoms with Gasteiger partial charge in [0.05, 0.1) is 18.0 Å². The number of benzene rings is 4. The molecule has 8 nitrogen and oxygen atoms in total. The molecule has 0 saturated heterocycles. The van der Waals surface area contributed by atoms with Gasteiger partial charge in [0.25, 0.3) is 5.91 Å². The maximum absolute atomic E-state index is 13.0. The number of ether oxygens (including phenoxy) is 1. The van der Waals surface area contributed by atoms with Crippen molar-refractivity contribution < 1.29 is 9.53 Å². The van der Waals surface area contributed by atoms with Gasteiger partial charge >= 0.3 is 0 Å². The number of halogens is 2. The minimum absolute atomic E-state index is 0.266. The lowest BCUT2D eigenvalue weighted by Gasteiger charge is -2.14.